The molecule has 0 radical (unpaired) electrons. The third-order valence-electron chi connectivity index (χ3n) is 3.39. The maximum atomic E-state index is 13.4. The van der Waals surface area contributed by atoms with Crippen LogP contribution in [0.1, 0.15) is 0 Å². The summed E-state index contributed by atoms with van der Waals surface area (Å²) in [6.45, 7) is -0.149. The number of ether oxygens (including phenoxy) is 1. The largest absolute Gasteiger partial charge is 0.488 e. The maximum Gasteiger partial charge on any atom is 0.264 e. The number of aromatic nitrogens is 4. The lowest BCUT2D eigenvalue weighted by Gasteiger charge is -2.14. The number of hydrogen-bond donors (Lipinski definition) is 1. The summed E-state index contributed by atoms with van der Waals surface area (Å²) in [5, 5.41) is 14.3. The molecule has 2 aromatic heterocycles. The Morgan fingerprint density at radius 2 is 2.17 bits per heavy atom. The highest BCUT2D eigenvalue weighted by molar-refractivity contribution is 5.72. The average Bonchev–Trinajstić information content (AvgIpc) is 2.91. The Labute approximate surface area is 130 Å². The fourth-order valence-corrected chi connectivity index (χ4v) is 2.22. The van der Waals surface area contributed by atoms with Crippen molar-refractivity contribution in [3.8, 4) is 5.75 Å². The fraction of sp³-hybridized carbons (Fsp3) is 0.267. The molecule has 0 amide bonds. The highest BCUT2D eigenvalue weighted by Gasteiger charge is 2.13. The topological polar surface area (TPSA) is 82.2 Å². The van der Waals surface area contributed by atoms with Gasteiger partial charge in [-0.3, -0.25) is 14.0 Å². The summed E-state index contributed by atoms with van der Waals surface area (Å²) in [7, 11) is 1.69. The molecule has 0 aliphatic rings. The van der Waals surface area contributed by atoms with Gasteiger partial charge in [0.15, 0.2) is 17.2 Å². The van der Waals surface area contributed by atoms with Gasteiger partial charge in [-0.05, 0) is 12.1 Å². The van der Waals surface area contributed by atoms with Gasteiger partial charge in [0, 0.05) is 7.05 Å². The van der Waals surface area contributed by atoms with Crippen molar-refractivity contribution in [3.05, 3.63) is 53.0 Å². The minimum Gasteiger partial charge on any atom is -0.488 e. The lowest BCUT2D eigenvalue weighted by molar-refractivity contribution is 0.0895. The van der Waals surface area contributed by atoms with Crippen LogP contribution in [0.25, 0.3) is 11.0 Å². The number of aryl methyl sites for hydroxylation is 1. The zero-order valence-electron chi connectivity index (χ0n) is 12.4. The fourth-order valence-electron chi connectivity index (χ4n) is 2.22. The lowest BCUT2D eigenvalue weighted by Crippen LogP contribution is -2.30. The van der Waals surface area contributed by atoms with Gasteiger partial charge in [-0.2, -0.15) is 5.10 Å². The number of fused-ring (bicyclic) bond motifs is 1. The monoisotopic (exact) mass is 318 g/mol. The Kier molecular flexibility index (Phi) is 4.07. The number of para-hydroxylation sites is 1. The maximum absolute atomic E-state index is 13.4. The molecule has 7 nitrogen and oxygen atoms in total. The normalized spacial score (nSPS) is 12.5. The van der Waals surface area contributed by atoms with Crippen LogP contribution in [0.4, 0.5) is 4.39 Å². The van der Waals surface area contributed by atoms with Gasteiger partial charge >= 0.3 is 0 Å². The first-order chi connectivity index (χ1) is 11.1. The number of aliphatic hydroxyl groups is 1. The minimum atomic E-state index is -0.983. The Balaban J connectivity index is 1.71. The van der Waals surface area contributed by atoms with Gasteiger partial charge in [0.2, 0.25) is 0 Å². The number of hydrogen-bond acceptors (Lipinski definition) is 5. The van der Waals surface area contributed by atoms with Crippen LogP contribution < -0.4 is 10.3 Å². The van der Waals surface area contributed by atoms with Gasteiger partial charge in [0.25, 0.3) is 5.56 Å². The summed E-state index contributed by atoms with van der Waals surface area (Å²) in [5.41, 5.74) is 0.177. The molecular weight excluding hydrogens is 303 g/mol. The van der Waals surface area contributed by atoms with E-state index in [0.717, 1.165) is 0 Å². The number of rotatable bonds is 5. The molecule has 0 spiro atoms. The summed E-state index contributed by atoms with van der Waals surface area (Å²) in [5.74, 6) is -0.449. The summed E-state index contributed by atoms with van der Waals surface area (Å²) < 4.78 is 21.4. The van der Waals surface area contributed by atoms with Crippen LogP contribution in [0.3, 0.4) is 0 Å². The molecule has 0 aliphatic carbocycles. The molecule has 0 fully saturated rings. The SMILES string of the molecule is Cn1ncc2c(=O)n(CC(O)COc3ccccc3F)cnc21. The van der Waals surface area contributed by atoms with E-state index in [1.54, 1.807) is 19.2 Å². The number of nitrogens with zero attached hydrogens (tertiary/aromatic N) is 4. The Morgan fingerprint density at radius 1 is 1.39 bits per heavy atom. The first-order valence-electron chi connectivity index (χ1n) is 6.99. The summed E-state index contributed by atoms with van der Waals surface area (Å²) >= 11 is 0. The van der Waals surface area contributed by atoms with Gasteiger partial charge < -0.3 is 9.84 Å². The van der Waals surface area contributed by atoms with Gasteiger partial charge in [-0.15, -0.1) is 0 Å². The van der Waals surface area contributed by atoms with Crippen LogP contribution in [-0.4, -0.2) is 37.1 Å². The third kappa shape index (κ3) is 3.07. The van der Waals surface area contributed by atoms with E-state index in [-0.39, 0.29) is 24.5 Å². The number of benzene rings is 1. The van der Waals surface area contributed by atoms with Crippen molar-refractivity contribution in [2.24, 2.45) is 7.05 Å². The minimum absolute atomic E-state index is 0.00881. The van der Waals surface area contributed by atoms with Crippen molar-refractivity contribution >= 4 is 11.0 Å². The molecule has 1 unspecified atom stereocenters. The molecule has 0 saturated carbocycles. The molecule has 23 heavy (non-hydrogen) atoms. The highest BCUT2D eigenvalue weighted by Crippen LogP contribution is 2.15. The Bertz CT molecular complexity index is 890. The Hall–Kier alpha value is -2.74. The Morgan fingerprint density at radius 3 is 2.96 bits per heavy atom. The van der Waals surface area contributed by atoms with E-state index in [1.807, 2.05) is 0 Å². The standard InChI is InChI=1S/C15H15FN4O3/c1-19-14-11(6-18-19)15(22)20(9-17-14)7-10(21)8-23-13-5-3-2-4-12(13)16/h2-6,9-10,21H,7-8H2,1H3. The van der Waals surface area contributed by atoms with E-state index < -0.39 is 11.9 Å². The van der Waals surface area contributed by atoms with Crippen molar-refractivity contribution in [3.63, 3.8) is 0 Å². The second-order valence-electron chi connectivity index (χ2n) is 5.10. The van der Waals surface area contributed by atoms with E-state index in [0.29, 0.717) is 11.0 Å². The zero-order chi connectivity index (χ0) is 16.4. The molecule has 0 bridgehead atoms. The second kappa shape index (κ2) is 6.17. The molecule has 0 aliphatic heterocycles. The third-order valence-corrected chi connectivity index (χ3v) is 3.39. The molecule has 0 saturated heterocycles. The molecule has 3 rings (SSSR count). The second-order valence-corrected chi connectivity index (χ2v) is 5.10. The van der Waals surface area contributed by atoms with Crippen LogP contribution >= 0.6 is 0 Å². The quantitative estimate of drug-likeness (QED) is 0.749. The van der Waals surface area contributed by atoms with Crippen molar-refractivity contribution in [1.29, 1.82) is 0 Å². The van der Waals surface area contributed by atoms with Crippen molar-refractivity contribution in [1.82, 2.24) is 19.3 Å². The van der Waals surface area contributed by atoms with E-state index >= 15 is 0 Å². The van der Waals surface area contributed by atoms with E-state index in [1.165, 1.54) is 33.9 Å². The highest BCUT2D eigenvalue weighted by atomic mass is 19.1. The number of aliphatic hydroxyl groups excluding tert-OH is 1. The molecule has 1 atom stereocenters. The lowest BCUT2D eigenvalue weighted by atomic mass is 10.3. The van der Waals surface area contributed by atoms with Crippen molar-refractivity contribution in [2.75, 3.05) is 6.61 Å². The van der Waals surface area contributed by atoms with Gasteiger partial charge in [0.05, 0.1) is 12.7 Å². The number of halogens is 1. The summed E-state index contributed by atoms with van der Waals surface area (Å²) in [6, 6.07) is 5.92. The van der Waals surface area contributed by atoms with Crippen LogP contribution in [0.15, 0.2) is 41.6 Å². The predicted octanol–water partition coefficient (Wildman–Crippen LogP) is 0.709. The van der Waals surface area contributed by atoms with Gasteiger partial charge in [-0.25, -0.2) is 9.37 Å². The van der Waals surface area contributed by atoms with E-state index in [9.17, 15) is 14.3 Å². The molecule has 120 valence electrons. The summed E-state index contributed by atoms with van der Waals surface area (Å²) in [6.07, 6.45) is 1.80. The van der Waals surface area contributed by atoms with Crippen molar-refractivity contribution < 1.29 is 14.2 Å². The average molecular weight is 318 g/mol. The van der Waals surface area contributed by atoms with Gasteiger partial charge in [-0.1, -0.05) is 12.1 Å². The first-order valence-corrected chi connectivity index (χ1v) is 6.99. The first kappa shape index (κ1) is 15.2. The smallest absolute Gasteiger partial charge is 0.264 e. The van der Waals surface area contributed by atoms with Gasteiger partial charge in [0.1, 0.15) is 24.4 Å². The molecule has 1 N–H and O–H groups in total. The van der Waals surface area contributed by atoms with Crippen LogP contribution in [0.2, 0.25) is 0 Å². The zero-order valence-corrected chi connectivity index (χ0v) is 12.4. The van der Waals surface area contributed by atoms with E-state index in [4.69, 9.17) is 4.74 Å². The predicted molar refractivity (Wildman–Crippen MR) is 80.7 cm³/mol. The molecule has 3 aromatic rings. The van der Waals surface area contributed by atoms with Crippen LogP contribution in [0, 0.1) is 5.82 Å². The van der Waals surface area contributed by atoms with Crippen LogP contribution in [0.5, 0.6) is 5.75 Å². The summed E-state index contributed by atoms with van der Waals surface area (Å²) in [4.78, 5) is 16.4. The van der Waals surface area contributed by atoms with Crippen molar-refractivity contribution in [2.45, 2.75) is 12.6 Å². The molecule has 1 aromatic carbocycles. The van der Waals surface area contributed by atoms with Crippen LogP contribution in [-0.2, 0) is 13.6 Å². The van der Waals surface area contributed by atoms with E-state index in [2.05, 4.69) is 10.1 Å². The molecule has 8 heteroatoms. The molecular formula is C15H15FN4O3. The molecule has 2 heterocycles.